The quantitative estimate of drug-likeness (QED) is 0.581. The molecule has 0 aromatic heterocycles. The summed E-state index contributed by atoms with van der Waals surface area (Å²) in [6.07, 6.45) is 2.19. The average Bonchev–Trinajstić information content (AvgIpc) is 2.43. The van der Waals surface area contributed by atoms with Gasteiger partial charge in [0, 0.05) is 16.1 Å². The molecule has 3 heteroatoms. The third-order valence-corrected chi connectivity index (χ3v) is 3.41. The highest BCUT2D eigenvalue weighted by molar-refractivity contribution is 9.09. The molecule has 0 heterocycles. The summed E-state index contributed by atoms with van der Waals surface area (Å²) in [5.41, 5.74) is 0. The van der Waals surface area contributed by atoms with Crippen LogP contribution in [0, 0.1) is 0 Å². The van der Waals surface area contributed by atoms with Crippen molar-refractivity contribution in [3.05, 3.63) is 36.4 Å². The predicted octanol–water partition coefficient (Wildman–Crippen LogP) is 4.40. The van der Waals surface area contributed by atoms with Crippen molar-refractivity contribution < 1.29 is 9.47 Å². The van der Waals surface area contributed by atoms with Gasteiger partial charge in [0.2, 0.25) is 0 Å². The molecule has 2 rings (SSSR count). The Morgan fingerprint density at radius 3 is 2.28 bits per heavy atom. The molecule has 0 bridgehead atoms. The Morgan fingerprint density at radius 1 is 0.944 bits per heavy atom. The molecule has 0 amide bonds. The van der Waals surface area contributed by atoms with E-state index in [2.05, 4.69) is 28.1 Å². The number of hydrogen-bond acceptors (Lipinski definition) is 2. The summed E-state index contributed by atoms with van der Waals surface area (Å²) >= 11 is 3.42. The van der Waals surface area contributed by atoms with Crippen LogP contribution in [0.3, 0.4) is 0 Å². The van der Waals surface area contributed by atoms with E-state index in [-0.39, 0.29) is 0 Å². The van der Waals surface area contributed by atoms with E-state index in [1.54, 1.807) is 7.11 Å². The second-order valence-corrected chi connectivity index (χ2v) is 4.85. The van der Waals surface area contributed by atoms with E-state index in [1.807, 2.05) is 24.3 Å². The number of alkyl halides is 1. The van der Waals surface area contributed by atoms with E-state index in [0.29, 0.717) is 0 Å². The van der Waals surface area contributed by atoms with Crippen LogP contribution in [0.2, 0.25) is 0 Å². The van der Waals surface area contributed by atoms with Crippen molar-refractivity contribution in [1.82, 2.24) is 0 Å². The summed E-state index contributed by atoms with van der Waals surface area (Å²) in [7, 11) is 1.69. The minimum Gasteiger partial charge on any atom is -0.496 e. The molecule has 0 N–H and O–H groups in total. The second kappa shape index (κ2) is 6.64. The molecule has 0 spiro atoms. The molecular weight excluding hydrogens is 292 g/mol. The van der Waals surface area contributed by atoms with E-state index in [0.717, 1.165) is 47.1 Å². The molecule has 0 fully saturated rings. The van der Waals surface area contributed by atoms with Gasteiger partial charge in [-0.05, 0) is 25.0 Å². The Morgan fingerprint density at radius 2 is 1.61 bits per heavy atom. The highest BCUT2D eigenvalue weighted by Gasteiger charge is 2.06. The largest absolute Gasteiger partial charge is 0.496 e. The van der Waals surface area contributed by atoms with Crippen molar-refractivity contribution in [3.8, 4) is 11.5 Å². The standard InChI is InChI=1S/C15H17BrO2/c1-17-14-8-9-15(18-11-5-4-10-16)13-7-3-2-6-12(13)14/h2-3,6-9H,4-5,10-11H2,1H3. The maximum Gasteiger partial charge on any atom is 0.127 e. The zero-order valence-corrected chi connectivity index (χ0v) is 12.1. The predicted molar refractivity (Wildman–Crippen MR) is 79.0 cm³/mol. The summed E-state index contributed by atoms with van der Waals surface area (Å²) in [6, 6.07) is 12.1. The summed E-state index contributed by atoms with van der Waals surface area (Å²) in [5, 5.41) is 3.23. The fourth-order valence-corrected chi connectivity index (χ4v) is 2.32. The molecule has 0 aliphatic carbocycles. The number of fused-ring (bicyclic) bond motifs is 1. The van der Waals surface area contributed by atoms with Gasteiger partial charge in [-0.3, -0.25) is 0 Å². The van der Waals surface area contributed by atoms with Gasteiger partial charge in [-0.1, -0.05) is 40.2 Å². The minimum atomic E-state index is 0.752. The Balaban J connectivity index is 2.23. The van der Waals surface area contributed by atoms with Gasteiger partial charge in [0.1, 0.15) is 11.5 Å². The number of methoxy groups -OCH3 is 1. The first-order valence-corrected chi connectivity index (χ1v) is 7.23. The third kappa shape index (κ3) is 2.96. The first-order valence-electron chi connectivity index (χ1n) is 6.11. The summed E-state index contributed by atoms with van der Waals surface area (Å²) in [5.74, 6) is 1.82. The molecule has 0 aliphatic rings. The lowest BCUT2D eigenvalue weighted by Gasteiger charge is -2.11. The van der Waals surface area contributed by atoms with Crippen molar-refractivity contribution in [2.45, 2.75) is 12.8 Å². The van der Waals surface area contributed by atoms with Crippen LogP contribution in [0.5, 0.6) is 11.5 Å². The van der Waals surface area contributed by atoms with Crippen LogP contribution >= 0.6 is 15.9 Å². The fraction of sp³-hybridized carbons (Fsp3) is 0.333. The maximum atomic E-state index is 5.84. The molecule has 0 atom stereocenters. The zero-order chi connectivity index (χ0) is 12.8. The number of hydrogen-bond donors (Lipinski definition) is 0. The zero-order valence-electron chi connectivity index (χ0n) is 10.5. The van der Waals surface area contributed by atoms with Crippen LogP contribution in [0.1, 0.15) is 12.8 Å². The van der Waals surface area contributed by atoms with Crippen LogP contribution in [-0.4, -0.2) is 19.0 Å². The Bertz CT molecular complexity index is 511. The highest BCUT2D eigenvalue weighted by atomic mass is 79.9. The van der Waals surface area contributed by atoms with Crippen molar-refractivity contribution in [2.75, 3.05) is 19.0 Å². The van der Waals surface area contributed by atoms with Crippen LogP contribution in [0.4, 0.5) is 0 Å². The van der Waals surface area contributed by atoms with Crippen LogP contribution in [0.15, 0.2) is 36.4 Å². The molecule has 96 valence electrons. The molecule has 2 aromatic carbocycles. The lowest BCUT2D eigenvalue weighted by molar-refractivity contribution is 0.313. The highest BCUT2D eigenvalue weighted by Crippen LogP contribution is 2.32. The van der Waals surface area contributed by atoms with Crippen molar-refractivity contribution >= 4 is 26.7 Å². The van der Waals surface area contributed by atoms with Crippen molar-refractivity contribution in [1.29, 1.82) is 0 Å². The van der Waals surface area contributed by atoms with Gasteiger partial charge in [0.05, 0.1) is 13.7 Å². The van der Waals surface area contributed by atoms with E-state index in [9.17, 15) is 0 Å². The van der Waals surface area contributed by atoms with Crippen LogP contribution < -0.4 is 9.47 Å². The van der Waals surface area contributed by atoms with Crippen LogP contribution in [-0.2, 0) is 0 Å². The first kappa shape index (κ1) is 13.2. The van der Waals surface area contributed by atoms with Crippen molar-refractivity contribution in [2.24, 2.45) is 0 Å². The van der Waals surface area contributed by atoms with E-state index >= 15 is 0 Å². The molecule has 0 aliphatic heterocycles. The molecule has 18 heavy (non-hydrogen) atoms. The molecule has 0 radical (unpaired) electrons. The Labute approximate surface area is 116 Å². The van der Waals surface area contributed by atoms with Gasteiger partial charge in [-0.2, -0.15) is 0 Å². The smallest absolute Gasteiger partial charge is 0.127 e. The van der Waals surface area contributed by atoms with Gasteiger partial charge in [-0.25, -0.2) is 0 Å². The van der Waals surface area contributed by atoms with Gasteiger partial charge in [0.25, 0.3) is 0 Å². The second-order valence-electron chi connectivity index (χ2n) is 4.06. The first-order chi connectivity index (χ1) is 8.86. The summed E-state index contributed by atoms with van der Waals surface area (Å²) < 4.78 is 11.2. The molecule has 0 saturated heterocycles. The third-order valence-electron chi connectivity index (χ3n) is 2.85. The molecule has 2 aromatic rings. The van der Waals surface area contributed by atoms with Gasteiger partial charge >= 0.3 is 0 Å². The molecule has 0 saturated carbocycles. The molecule has 0 unspecified atom stereocenters. The number of rotatable bonds is 6. The SMILES string of the molecule is COc1ccc(OCCCCBr)c2ccccc12. The number of benzene rings is 2. The van der Waals surface area contributed by atoms with E-state index < -0.39 is 0 Å². The van der Waals surface area contributed by atoms with Gasteiger partial charge in [-0.15, -0.1) is 0 Å². The molecular formula is C15H17BrO2. The van der Waals surface area contributed by atoms with E-state index in [4.69, 9.17) is 9.47 Å². The molecule has 2 nitrogen and oxygen atoms in total. The van der Waals surface area contributed by atoms with Crippen LogP contribution in [0.25, 0.3) is 10.8 Å². The number of unbranched alkanes of at least 4 members (excludes halogenated alkanes) is 1. The van der Waals surface area contributed by atoms with Gasteiger partial charge in [0.15, 0.2) is 0 Å². The summed E-state index contributed by atoms with van der Waals surface area (Å²) in [6.45, 7) is 0.752. The Hall–Kier alpha value is -1.22. The topological polar surface area (TPSA) is 18.5 Å². The summed E-state index contributed by atoms with van der Waals surface area (Å²) in [4.78, 5) is 0. The number of ether oxygens (including phenoxy) is 2. The fourth-order valence-electron chi connectivity index (χ4n) is 1.93. The average molecular weight is 309 g/mol. The lowest BCUT2D eigenvalue weighted by Crippen LogP contribution is -1.98. The normalized spacial score (nSPS) is 10.6. The lowest BCUT2D eigenvalue weighted by atomic mass is 10.1. The monoisotopic (exact) mass is 308 g/mol. The van der Waals surface area contributed by atoms with Gasteiger partial charge < -0.3 is 9.47 Å². The maximum absolute atomic E-state index is 5.84. The van der Waals surface area contributed by atoms with E-state index in [1.165, 1.54) is 0 Å². The minimum absolute atomic E-state index is 0.752. The van der Waals surface area contributed by atoms with Crippen molar-refractivity contribution in [3.63, 3.8) is 0 Å². The Kier molecular flexibility index (Phi) is 4.88. The number of halogens is 1.